The first-order chi connectivity index (χ1) is 8.15. The molecule has 0 bridgehead atoms. The highest BCUT2D eigenvalue weighted by Crippen LogP contribution is 2.14. The predicted octanol–water partition coefficient (Wildman–Crippen LogP) is 2.19. The normalized spacial score (nSPS) is 23.6. The average molecular weight is 302 g/mol. The van der Waals surface area contributed by atoms with Crippen LogP contribution in [0.2, 0.25) is 0 Å². The zero-order valence-electron chi connectivity index (χ0n) is 9.16. The van der Waals surface area contributed by atoms with Crippen LogP contribution in [-0.4, -0.2) is 24.7 Å². The van der Waals surface area contributed by atoms with Crippen LogP contribution >= 0.6 is 15.9 Å². The molecule has 1 N–H and O–H groups in total. The lowest BCUT2D eigenvalue weighted by molar-refractivity contribution is -0.147. The van der Waals surface area contributed by atoms with Gasteiger partial charge in [-0.3, -0.25) is 4.79 Å². The Balaban J connectivity index is 1.82. The fourth-order valence-corrected chi connectivity index (χ4v) is 1.97. The predicted molar refractivity (Wildman–Crippen MR) is 65.2 cm³/mol. The third-order valence-corrected chi connectivity index (χ3v) is 3.18. The highest BCUT2D eigenvalue weighted by Gasteiger charge is 2.30. The van der Waals surface area contributed by atoms with Crippen LogP contribution in [0, 0.1) is 0 Å². The van der Waals surface area contributed by atoms with Gasteiger partial charge in [-0.25, -0.2) is 4.39 Å². The van der Waals surface area contributed by atoms with Crippen molar-refractivity contribution in [1.82, 2.24) is 5.32 Å². The smallest absolute Gasteiger partial charge is 0.323 e. The van der Waals surface area contributed by atoms with Crippen LogP contribution in [0.1, 0.15) is 12.0 Å². The maximum absolute atomic E-state index is 12.9. The summed E-state index contributed by atoms with van der Waals surface area (Å²) in [7, 11) is 0. The second-order valence-electron chi connectivity index (χ2n) is 4.03. The van der Waals surface area contributed by atoms with E-state index in [9.17, 15) is 9.18 Å². The quantitative estimate of drug-likeness (QED) is 0.870. The van der Waals surface area contributed by atoms with E-state index in [2.05, 4.69) is 21.2 Å². The molecule has 1 aromatic rings. The van der Waals surface area contributed by atoms with Crippen LogP contribution in [-0.2, 0) is 16.1 Å². The number of halogens is 2. The molecule has 0 aliphatic carbocycles. The molecule has 0 aromatic heterocycles. The van der Waals surface area contributed by atoms with Crippen LogP contribution < -0.4 is 5.32 Å². The minimum Gasteiger partial charge on any atom is -0.460 e. The van der Waals surface area contributed by atoms with E-state index in [1.807, 2.05) is 24.3 Å². The summed E-state index contributed by atoms with van der Waals surface area (Å²) < 4.78 is 19.0. The maximum Gasteiger partial charge on any atom is 0.323 e. The lowest BCUT2D eigenvalue weighted by Gasteiger charge is -2.10. The number of carbonyl (C=O) groups is 1. The van der Waals surface area contributed by atoms with Gasteiger partial charge in [-0.2, -0.15) is 0 Å². The van der Waals surface area contributed by atoms with E-state index >= 15 is 0 Å². The van der Waals surface area contributed by atoms with Crippen LogP contribution in [0.3, 0.4) is 0 Å². The molecule has 17 heavy (non-hydrogen) atoms. The summed E-state index contributed by atoms with van der Waals surface area (Å²) in [6.45, 7) is 0.458. The number of esters is 1. The van der Waals surface area contributed by atoms with Gasteiger partial charge in [0, 0.05) is 17.4 Å². The highest BCUT2D eigenvalue weighted by atomic mass is 79.9. The van der Waals surface area contributed by atoms with Crippen LogP contribution in [0.25, 0.3) is 0 Å². The second kappa shape index (κ2) is 5.60. The van der Waals surface area contributed by atoms with E-state index in [1.165, 1.54) is 0 Å². The zero-order valence-corrected chi connectivity index (χ0v) is 10.7. The number of nitrogens with one attached hydrogen (secondary N) is 1. The minimum absolute atomic E-state index is 0.208. The summed E-state index contributed by atoms with van der Waals surface area (Å²) in [5.74, 6) is -0.381. The van der Waals surface area contributed by atoms with Gasteiger partial charge < -0.3 is 10.1 Å². The molecule has 1 aliphatic heterocycles. The fraction of sp³-hybridized carbons (Fsp3) is 0.417. The molecule has 0 spiro atoms. The Hall–Kier alpha value is -0.940. The molecular weight excluding hydrogens is 289 g/mol. The Morgan fingerprint density at radius 3 is 2.76 bits per heavy atom. The van der Waals surface area contributed by atoms with Crippen LogP contribution in [0.15, 0.2) is 28.7 Å². The van der Waals surface area contributed by atoms with Gasteiger partial charge in [-0.1, -0.05) is 28.1 Å². The first kappa shape index (κ1) is 12.5. The van der Waals surface area contributed by atoms with Crippen LogP contribution in [0.5, 0.6) is 0 Å². The number of carbonyl (C=O) groups excluding carboxylic acids is 1. The van der Waals surface area contributed by atoms with E-state index < -0.39 is 12.2 Å². The number of hydrogen-bond donors (Lipinski definition) is 1. The number of rotatable bonds is 3. The van der Waals surface area contributed by atoms with Crippen molar-refractivity contribution in [3.8, 4) is 0 Å². The third kappa shape index (κ3) is 3.51. The largest absolute Gasteiger partial charge is 0.460 e. The molecular formula is C12H13BrFNO2. The van der Waals surface area contributed by atoms with Gasteiger partial charge in [-0.05, 0) is 17.7 Å². The number of alkyl halides is 1. The SMILES string of the molecule is O=C(OCc1ccc(Br)cc1)C1CC(F)CN1. The van der Waals surface area contributed by atoms with Gasteiger partial charge in [0.1, 0.15) is 18.8 Å². The first-order valence-electron chi connectivity index (χ1n) is 5.43. The molecule has 0 saturated carbocycles. The Labute approximate surface area is 107 Å². The molecule has 1 aliphatic rings. The highest BCUT2D eigenvalue weighted by molar-refractivity contribution is 9.10. The van der Waals surface area contributed by atoms with Gasteiger partial charge in [0.15, 0.2) is 0 Å². The fourth-order valence-electron chi connectivity index (χ4n) is 1.71. The molecule has 5 heteroatoms. The first-order valence-corrected chi connectivity index (χ1v) is 6.23. The topological polar surface area (TPSA) is 38.3 Å². The van der Waals surface area contributed by atoms with Crippen molar-refractivity contribution in [2.24, 2.45) is 0 Å². The second-order valence-corrected chi connectivity index (χ2v) is 4.94. The molecule has 1 saturated heterocycles. The van der Waals surface area contributed by atoms with Crippen molar-refractivity contribution >= 4 is 21.9 Å². The molecule has 2 atom stereocenters. The Morgan fingerprint density at radius 2 is 2.18 bits per heavy atom. The summed E-state index contributed by atoms with van der Waals surface area (Å²) in [6, 6.07) is 7.01. The standard InChI is InChI=1S/C12H13BrFNO2/c13-9-3-1-8(2-4-9)7-17-12(16)11-5-10(14)6-15-11/h1-4,10-11,15H,5-7H2. The van der Waals surface area contributed by atoms with Gasteiger partial charge in [0.25, 0.3) is 0 Å². The van der Waals surface area contributed by atoms with Crippen molar-refractivity contribution < 1.29 is 13.9 Å². The molecule has 1 fully saturated rings. The van der Waals surface area contributed by atoms with E-state index in [0.717, 1.165) is 10.0 Å². The molecule has 2 unspecified atom stereocenters. The van der Waals surface area contributed by atoms with Crippen molar-refractivity contribution in [3.05, 3.63) is 34.3 Å². The van der Waals surface area contributed by atoms with E-state index in [1.54, 1.807) is 0 Å². The molecule has 1 aromatic carbocycles. The molecule has 92 valence electrons. The summed E-state index contributed by atoms with van der Waals surface area (Å²) in [5, 5.41) is 2.79. The van der Waals surface area contributed by atoms with Gasteiger partial charge >= 0.3 is 5.97 Å². The summed E-state index contributed by atoms with van der Waals surface area (Å²) in [5.41, 5.74) is 0.913. The molecule has 0 amide bonds. The number of ether oxygens (including phenoxy) is 1. The minimum atomic E-state index is -0.944. The Kier molecular flexibility index (Phi) is 4.12. The number of benzene rings is 1. The molecule has 2 rings (SSSR count). The van der Waals surface area contributed by atoms with Crippen molar-refractivity contribution in [2.45, 2.75) is 25.2 Å². The maximum atomic E-state index is 12.9. The van der Waals surface area contributed by atoms with E-state index in [4.69, 9.17) is 4.74 Å². The van der Waals surface area contributed by atoms with Crippen LogP contribution in [0.4, 0.5) is 4.39 Å². The van der Waals surface area contributed by atoms with E-state index in [0.29, 0.717) is 0 Å². The van der Waals surface area contributed by atoms with Crippen molar-refractivity contribution in [2.75, 3.05) is 6.54 Å². The summed E-state index contributed by atoms with van der Waals surface area (Å²) in [4.78, 5) is 11.6. The lowest BCUT2D eigenvalue weighted by Crippen LogP contribution is -2.32. The van der Waals surface area contributed by atoms with E-state index in [-0.39, 0.29) is 25.5 Å². The monoisotopic (exact) mass is 301 g/mol. The molecule has 1 heterocycles. The molecule has 0 radical (unpaired) electrons. The molecule has 3 nitrogen and oxygen atoms in total. The third-order valence-electron chi connectivity index (χ3n) is 2.66. The summed E-state index contributed by atoms with van der Waals surface area (Å²) >= 11 is 3.33. The Morgan fingerprint density at radius 1 is 1.47 bits per heavy atom. The Bertz CT molecular complexity index is 396. The van der Waals surface area contributed by atoms with Gasteiger partial charge in [0.05, 0.1) is 0 Å². The zero-order chi connectivity index (χ0) is 12.3. The lowest BCUT2D eigenvalue weighted by atomic mass is 10.2. The van der Waals surface area contributed by atoms with Crippen molar-refractivity contribution in [3.63, 3.8) is 0 Å². The van der Waals surface area contributed by atoms with Gasteiger partial charge in [-0.15, -0.1) is 0 Å². The van der Waals surface area contributed by atoms with Gasteiger partial charge in [0.2, 0.25) is 0 Å². The number of hydrogen-bond acceptors (Lipinski definition) is 3. The van der Waals surface area contributed by atoms with Crippen molar-refractivity contribution in [1.29, 1.82) is 0 Å². The average Bonchev–Trinajstić information content (AvgIpc) is 2.75. The summed E-state index contributed by atoms with van der Waals surface area (Å²) in [6.07, 6.45) is -0.737.